The van der Waals surface area contributed by atoms with Crippen LogP contribution in [0.5, 0.6) is 5.75 Å². The molecule has 0 aromatic heterocycles. The van der Waals surface area contributed by atoms with Gasteiger partial charge in [0.15, 0.2) is 6.61 Å². The van der Waals surface area contributed by atoms with Gasteiger partial charge in [-0.05, 0) is 76.1 Å². The summed E-state index contributed by atoms with van der Waals surface area (Å²) in [6.45, 7) is 1.82. The van der Waals surface area contributed by atoms with E-state index >= 15 is 0 Å². The Kier molecular flexibility index (Phi) is 6.52. The molecule has 0 aliphatic rings. The summed E-state index contributed by atoms with van der Waals surface area (Å²) in [4.78, 5) is 24.7. The third kappa shape index (κ3) is 5.15. The number of carbonyl (C=O) groups is 2. The molecular formula is C26H21BrN2O3. The molecule has 0 saturated heterocycles. The molecule has 0 atom stereocenters. The van der Waals surface area contributed by atoms with Crippen LogP contribution in [0.1, 0.15) is 15.9 Å². The van der Waals surface area contributed by atoms with Gasteiger partial charge in [0.05, 0.1) is 4.47 Å². The molecule has 160 valence electrons. The predicted molar refractivity (Wildman–Crippen MR) is 131 cm³/mol. The highest BCUT2D eigenvalue weighted by Gasteiger charge is 2.10. The maximum Gasteiger partial charge on any atom is 0.262 e. The first-order valence-corrected chi connectivity index (χ1v) is 10.9. The first-order chi connectivity index (χ1) is 15.5. The lowest BCUT2D eigenvalue weighted by Gasteiger charge is -2.11. The second-order valence-corrected chi connectivity index (χ2v) is 8.13. The number of ether oxygens (including phenoxy) is 1. The van der Waals surface area contributed by atoms with E-state index in [2.05, 4.69) is 26.6 Å². The maximum atomic E-state index is 12.4. The molecule has 0 spiro atoms. The zero-order chi connectivity index (χ0) is 22.5. The first-order valence-electron chi connectivity index (χ1n) is 10.1. The molecule has 0 radical (unpaired) electrons. The van der Waals surface area contributed by atoms with Crippen molar-refractivity contribution in [2.45, 2.75) is 6.92 Å². The highest BCUT2D eigenvalue weighted by molar-refractivity contribution is 9.10. The van der Waals surface area contributed by atoms with Crippen LogP contribution in [-0.2, 0) is 4.79 Å². The summed E-state index contributed by atoms with van der Waals surface area (Å²) in [5, 5.41) is 7.76. The van der Waals surface area contributed by atoms with Crippen molar-refractivity contribution in [2.24, 2.45) is 0 Å². The van der Waals surface area contributed by atoms with E-state index in [1.807, 2.05) is 61.5 Å². The van der Waals surface area contributed by atoms with Gasteiger partial charge in [-0.15, -0.1) is 0 Å². The summed E-state index contributed by atoms with van der Waals surface area (Å²) in [5.74, 6) is 0.148. The van der Waals surface area contributed by atoms with Crippen LogP contribution in [0.25, 0.3) is 10.8 Å². The van der Waals surface area contributed by atoms with E-state index in [-0.39, 0.29) is 18.4 Å². The number of anilines is 2. The molecule has 2 amide bonds. The Labute approximate surface area is 194 Å². The number of hydrogen-bond acceptors (Lipinski definition) is 3. The van der Waals surface area contributed by atoms with E-state index in [0.29, 0.717) is 22.7 Å². The van der Waals surface area contributed by atoms with Crippen molar-refractivity contribution in [3.63, 3.8) is 0 Å². The smallest absolute Gasteiger partial charge is 0.262 e. The predicted octanol–water partition coefficient (Wildman–Crippen LogP) is 6.18. The second kappa shape index (κ2) is 9.66. The lowest BCUT2D eigenvalue weighted by molar-refractivity contribution is -0.118. The molecule has 4 aromatic rings. The lowest BCUT2D eigenvalue weighted by atomic mass is 10.1. The largest absolute Gasteiger partial charge is 0.483 e. The molecule has 5 nitrogen and oxygen atoms in total. The Morgan fingerprint density at radius 1 is 0.844 bits per heavy atom. The van der Waals surface area contributed by atoms with E-state index < -0.39 is 0 Å². The maximum absolute atomic E-state index is 12.4. The van der Waals surface area contributed by atoms with Gasteiger partial charge in [0.2, 0.25) is 0 Å². The Morgan fingerprint density at radius 3 is 2.31 bits per heavy atom. The number of fused-ring (bicyclic) bond motifs is 1. The fraction of sp³-hybridized carbons (Fsp3) is 0.0769. The summed E-state index contributed by atoms with van der Waals surface area (Å²) in [6, 6.07) is 26.1. The zero-order valence-electron chi connectivity index (χ0n) is 17.4. The third-order valence-electron chi connectivity index (χ3n) is 4.89. The van der Waals surface area contributed by atoms with Crippen LogP contribution in [0.2, 0.25) is 0 Å². The average molecular weight is 489 g/mol. The summed E-state index contributed by atoms with van der Waals surface area (Å²) in [5.41, 5.74) is 2.88. The van der Waals surface area contributed by atoms with Gasteiger partial charge in [-0.1, -0.05) is 48.0 Å². The lowest BCUT2D eigenvalue weighted by Crippen LogP contribution is -2.20. The molecule has 4 rings (SSSR count). The van der Waals surface area contributed by atoms with Crippen molar-refractivity contribution >= 4 is 49.9 Å². The van der Waals surface area contributed by atoms with Crippen LogP contribution >= 0.6 is 15.9 Å². The fourth-order valence-corrected chi connectivity index (χ4v) is 3.90. The van der Waals surface area contributed by atoms with Gasteiger partial charge in [0.25, 0.3) is 11.8 Å². The Hall–Kier alpha value is -3.64. The van der Waals surface area contributed by atoms with Crippen molar-refractivity contribution in [1.29, 1.82) is 0 Å². The fourth-order valence-electron chi connectivity index (χ4n) is 3.29. The van der Waals surface area contributed by atoms with E-state index in [9.17, 15) is 9.59 Å². The first kappa shape index (κ1) is 21.6. The standard InChI is InChI=1S/C26H21BrN2O3/c1-17-5-4-7-19(15-17)26(31)29-21-12-10-20(11-13-21)28-24(30)16-32-23-14-9-18-6-2-3-8-22(18)25(23)27/h2-15H,16H2,1H3,(H,28,30)(H,29,31). The topological polar surface area (TPSA) is 67.4 Å². The molecule has 0 unspecified atom stereocenters. The van der Waals surface area contributed by atoms with Crippen molar-refractivity contribution < 1.29 is 14.3 Å². The number of aryl methyl sites for hydroxylation is 1. The SMILES string of the molecule is Cc1cccc(C(=O)Nc2ccc(NC(=O)COc3ccc4ccccc4c3Br)cc2)c1. The summed E-state index contributed by atoms with van der Waals surface area (Å²) < 4.78 is 6.51. The molecule has 4 aromatic carbocycles. The normalized spacial score (nSPS) is 10.6. The van der Waals surface area contributed by atoms with Gasteiger partial charge in [-0.2, -0.15) is 0 Å². The highest BCUT2D eigenvalue weighted by Crippen LogP contribution is 2.33. The van der Waals surface area contributed by atoms with Crippen molar-refractivity contribution in [2.75, 3.05) is 17.2 Å². The van der Waals surface area contributed by atoms with Gasteiger partial charge < -0.3 is 15.4 Å². The molecule has 0 fully saturated rings. The molecule has 2 N–H and O–H groups in total. The summed E-state index contributed by atoms with van der Waals surface area (Å²) in [7, 11) is 0. The number of rotatable bonds is 6. The minimum absolute atomic E-state index is 0.122. The molecule has 0 bridgehead atoms. The van der Waals surface area contributed by atoms with Crippen LogP contribution in [0.15, 0.2) is 89.4 Å². The number of benzene rings is 4. The minimum atomic E-state index is -0.276. The van der Waals surface area contributed by atoms with E-state index in [1.165, 1.54) is 0 Å². The monoisotopic (exact) mass is 488 g/mol. The van der Waals surface area contributed by atoms with Crippen molar-refractivity contribution in [3.8, 4) is 5.75 Å². The highest BCUT2D eigenvalue weighted by atomic mass is 79.9. The minimum Gasteiger partial charge on any atom is -0.483 e. The second-order valence-electron chi connectivity index (χ2n) is 7.34. The van der Waals surface area contributed by atoms with E-state index in [0.717, 1.165) is 20.8 Å². The molecule has 32 heavy (non-hydrogen) atoms. The molecule has 0 aliphatic carbocycles. The van der Waals surface area contributed by atoms with E-state index in [4.69, 9.17) is 4.74 Å². The Bertz CT molecular complexity index is 1290. The number of halogens is 1. The van der Waals surface area contributed by atoms with Crippen LogP contribution in [0, 0.1) is 6.92 Å². The Morgan fingerprint density at radius 2 is 1.56 bits per heavy atom. The molecular weight excluding hydrogens is 468 g/mol. The van der Waals surface area contributed by atoms with Gasteiger partial charge in [-0.25, -0.2) is 0 Å². The number of carbonyl (C=O) groups excluding carboxylic acids is 2. The van der Waals surface area contributed by atoms with Gasteiger partial charge in [0, 0.05) is 16.9 Å². The van der Waals surface area contributed by atoms with Gasteiger partial charge in [-0.3, -0.25) is 9.59 Å². The third-order valence-corrected chi connectivity index (χ3v) is 5.71. The summed E-state index contributed by atoms with van der Waals surface area (Å²) in [6.07, 6.45) is 0. The average Bonchev–Trinajstić information content (AvgIpc) is 2.80. The molecule has 0 aliphatic heterocycles. The number of amides is 2. The molecule has 0 heterocycles. The zero-order valence-corrected chi connectivity index (χ0v) is 19.0. The van der Waals surface area contributed by atoms with Gasteiger partial charge >= 0.3 is 0 Å². The van der Waals surface area contributed by atoms with Crippen molar-refractivity contribution in [3.05, 3.63) is 101 Å². The molecule has 6 heteroatoms. The quantitative estimate of drug-likeness (QED) is 0.340. The van der Waals surface area contributed by atoms with Crippen LogP contribution < -0.4 is 15.4 Å². The number of hydrogen-bond donors (Lipinski definition) is 2. The number of nitrogens with one attached hydrogen (secondary N) is 2. The van der Waals surface area contributed by atoms with Crippen LogP contribution in [-0.4, -0.2) is 18.4 Å². The molecule has 0 saturated carbocycles. The van der Waals surface area contributed by atoms with E-state index in [1.54, 1.807) is 30.3 Å². The van der Waals surface area contributed by atoms with Crippen molar-refractivity contribution in [1.82, 2.24) is 0 Å². The summed E-state index contributed by atoms with van der Waals surface area (Å²) >= 11 is 3.56. The van der Waals surface area contributed by atoms with Gasteiger partial charge in [0.1, 0.15) is 5.75 Å². The Balaban J connectivity index is 1.33. The van der Waals surface area contributed by atoms with Crippen LogP contribution in [0.4, 0.5) is 11.4 Å². The van der Waals surface area contributed by atoms with Crippen LogP contribution in [0.3, 0.4) is 0 Å².